The minimum atomic E-state index is -0.944. The van der Waals surface area contributed by atoms with Gasteiger partial charge in [0.05, 0.1) is 11.5 Å². The van der Waals surface area contributed by atoms with E-state index in [1.807, 2.05) is 0 Å². The van der Waals surface area contributed by atoms with Crippen LogP contribution in [0.4, 0.5) is 4.39 Å². The molecule has 0 unspecified atom stereocenters. The summed E-state index contributed by atoms with van der Waals surface area (Å²) in [6.45, 7) is 0.503. The molecule has 0 aliphatic carbocycles. The molecule has 2 rings (SSSR count). The van der Waals surface area contributed by atoms with Crippen molar-refractivity contribution < 1.29 is 24.2 Å². The quantitative estimate of drug-likeness (QED) is 0.850. The van der Waals surface area contributed by atoms with Crippen LogP contribution in [0.2, 0.25) is 0 Å². The minimum absolute atomic E-state index is 0.0874. The van der Waals surface area contributed by atoms with Gasteiger partial charge in [0.2, 0.25) is 0 Å². The maximum Gasteiger partial charge on any atom is 0.308 e. The number of hydrogen-bond donors (Lipinski definition) is 2. The predicted molar refractivity (Wildman–Crippen MR) is 64.3 cm³/mol. The Kier molecular flexibility index (Phi) is 3.69. The molecule has 0 aromatic heterocycles. The standard InChI is InChI=1S/C13H14FNO4/c14-9-3-4-11(16)10(6-9)12(17)15-5-1-2-8(7-15)13(18)19/h3-4,6,8,16H,1-2,5,7H2,(H,18,19)/t8-/m1/s1. The van der Waals surface area contributed by atoms with Gasteiger partial charge in [0.15, 0.2) is 0 Å². The first-order valence-corrected chi connectivity index (χ1v) is 5.99. The van der Waals surface area contributed by atoms with Gasteiger partial charge < -0.3 is 15.1 Å². The number of halogens is 1. The van der Waals surface area contributed by atoms with Crippen molar-refractivity contribution in [1.29, 1.82) is 0 Å². The Morgan fingerprint density at radius 1 is 1.37 bits per heavy atom. The molecule has 1 amide bonds. The lowest BCUT2D eigenvalue weighted by molar-refractivity contribution is -0.143. The smallest absolute Gasteiger partial charge is 0.308 e. The molecule has 0 spiro atoms. The number of carboxylic acids is 1. The zero-order valence-corrected chi connectivity index (χ0v) is 10.2. The Hall–Kier alpha value is -2.11. The van der Waals surface area contributed by atoms with Gasteiger partial charge >= 0.3 is 5.97 Å². The Morgan fingerprint density at radius 2 is 2.11 bits per heavy atom. The molecule has 102 valence electrons. The third-order valence-electron chi connectivity index (χ3n) is 3.25. The monoisotopic (exact) mass is 267 g/mol. The normalized spacial score (nSPS) is 19.2. The lowest BCUT2D eigenvalue weighted by Gasteiger charge is -2.30. The van der Waals surface area contributed by atoms with E-state index in [1.165, 1.54) is 4.90 Å². The van der Waals surface area contributed by atoms with E-state index in [2.05, 4.69) is 0 Å². The maximum absolute atomic E-state index is 13.1. The third-order valence-corrected chi connectivity index (χ3v) is 3.25. The van der Waals surface area contributed by atoms with E-state index >= 15 is 0 Å². The van der Waals surface area contributed by atoms with Crippen LogP contribution in [0.5, 0.6) is 5.75 Å². The number of piperidine rings is 1. The number of amides is 1. The average Bonchev–Trinajstić information content (AvgIpc) is 2.41. The Morgan fingerprint density at radius 3 is 2.79 bits per heavy atom. The zero-order chi connectivity index (χ0) is 14.0. The fraction of sp³-hybridized carbons (Fsp3) is 0.385. The zero-order valence-electron chi connectivity index (χ0n) is 10.2. The van der Waals surface area contributed by atoms with Crippen molar-refractivity contribution in [3.05, 3.63) is 29.6 Å². The van der Waals surface area contributed by atoms with Crippen molar-refractivity contribution in [3.63, 3.8) is 0 Å². The van der Waals surface area contributed by atoms with Gasteiger partial charge in [-0.3, -0.25) is 9.59 Å². The SMILES string of the molecule is O=C(O)[C@@H]1CCCN(C(=O)c2cc(F)ccc2O)C1. The summed E-state index contributed by atoms with van der Waals surface area (Å²) < 4.78 is 13.1. The Bertz CT molecular complexity index is 517. The van der Waals surface area contributed by atoms with E-state index in [0.717, 1.165) is 18.2 Å². The summed E-state index contributed by atoms with van der Waals surface area (Å²) >= 11 is 0. The van der Waals surface area contributed by atoms with Crippen LogP contribution in [-0.4, -0.2) is 40.1 Å². The minimum Gasteiger partial charge on any atom is -0.507 e. The number of aromatic hydroxyl groups is 1. The van der Waals surface area contributed by atoms with Crippen LogP contribution in [0.3, 0.4) is 0 Å². The third kappa shape index (κ3) is 2.83. The second-order valence-corrected chi connectivity index (χ2v) is 4.59. The molecule has 1 atom stereocenters. The fourth-order valence-corrected chi connectivity index (χ4v) is 2.21. The highest BCUT2D eigenvalue weighted by atomic mass is 19.1. The molecule has 1 aliphatic rings. The number of carboxylic acid groups (broad SMARTS) is 1. The van der Waals surface area contributed by atoms with Gasteiger partial charge in [0.25, 0.3) is 5.91 Å². The van der Waals surface area contributed by atoms with Crippen LogP contribution >= 0.6 is 0 Å². The topological polar surface area (TPSA) is 77.8 Å². The molecule has 1 saturated heterocycles. The van der Waals surface area contributed by atoms with E-state index in [0.29, 0.717) is 19.4 Å². The molecule has 1 heterocycles. The lowest BCUT2D eigenvalue weighted by atomic mass is 9.97. The van der Waals surface area contributed by atoms with Crippen LogP contribution in [-0.2, 0) is 4.79 Å². The summed E-state index contributed by atoms with van der Waals surface area (Å²) in [5.41, 5.74) is -0.133. The van der Waals surface area contributed by atoms with Crippen LogP contribution in [0, 0.1) is 11.7 Å². The van der Waals surface area contributed by atoms with Gasteiger partial charge in [-0.15, -0.1) is 0 Å². The first kappa shape index (κ1) is 13.3. The number of likely N-dealkylation sites (tertiary alicyclic amines) is 1. The maximum atomic E-state index is 13.1. The van der Waals surface area contributed by atoms with E-state index in [4.69, 9.17) is 5.11 Å². The Labute approximate surface area is 109 Å². The first-order valence-electron chi connectivity index (χ1n) is 5.99. The molecule has 1 aromatic carbocycles. The molecule has 1 aliphatic heterocycles. The van der Waals surface area contributed by atoms with Gasteiger partial charge in [-0.1, -0.05) is 0 Å². The second-order valence-electron chi connectivity index (χ2n) is 4.59. The van der Waals surface area contributed by atoms with Crippen LogP contribution in [0.25, 0.3) is 0 Å². The van der Waals surface area contributed by atoms with E-state index in [9.17, 15) is 19.1 Å². The average molecular weight is 267 g/mol. The van der Waals surface area contributed by atoms with Crippen LogP contribution in [0.1, 0.15) is 23.2 Å². The molecule has 6 heteroatoms. The number of benzene rings is 1. The lowest BCUT2D eigenvalue weighted by Crippen LogP contribution is -2.42. The molecule has 0 saturated carbocycles. The van der Waals surface area contributed by atoms with Crippen molar-refractivity contribution in [2.45, 2.75) is 12.8 Å². The summed E-state index contributed by atoms with van der Waals surface area (Å²) in [4.78, 5) is 24.4. The molecule has 1 aromatic rings. The number of carbonyl (C=O) groups excluding carboxylic acids is 1. The van der Waals surface area contributed by atoms with Crippen LogP contribution in [0.15, 0.2) is 18.2 Å². The molecule has 1 fully saturated rings. The van der Waals surface area contributed by atoms with Crippen molar-refractivity contribution in [3.8, 4) is 5.75 Å². The Balaban J connectivity index is 2.19. The van der Waals surface area contributed by atoms with Crippen molar-refractivity contribution >= 4 is 11.9 Å². The summed E-state index contributed by atoms with van der Waals surface area (Å²) in [6, 6.07) is 3.13. The molecular weight excluding hydrogens is 253 g/mol. The summed E-state index contributed by atoms with van der Waals surface area (Å²) in [5, 5.41) is 18.5. The highest BCUT2D eigenvalue weighted by Gasteiger charge is 2.29. The van der Waals surface area contributed by atoms with Gasteiger partial charge in [-0.25, -0.2) is 4.39 Å². The number of rotatable bonds is 2. The van der Waals surface area contributed by atoms with Gasteiger partial charge in [-0.2, -0.15) is 0 Å². The molecular formula is C13H14FNO4. The van der Waals surface area contributed by atoms with E-state index < -0.39 is 23.6 Å². The molecule has 19 heavy (non-hydrogen) atoms. The summed E-state index contributed by atoms with van der Waals surface area (Å²) in [7, 11) is 0. The highest BCUT2D eigenvalue weighted by molar-refractivity contribution is 5.97. The summed E-state index contributed by atoms with van der Waals surface area (Å²) in [6.07, 6.45) is 1.10. The first-order chi connectivity index (χ1) is 8.99. The summed E-state index contributed by atoms with van der Waals surface area (Å²) in [5.74, 6) is -3.01. The number of hydrogen-bond acceptors (Lipinski definition) is 3. The molecule has 0 radical (unpaired) electrons. The van der Waals surface area contributed by atoms with Crippen molar-refractivity contribution in [1.82, 2.24) is 4.90 Å². The van der Waals surface area contributed by atoms with Gasteiger partial charge in [0.1, 0.15) is 11.6 Å². The van der Waals surface area contributed by atoms with Gasteiger partial charge in [-0.05, 0) is 31.0 Å². The number of aliphatic carboxylic acids is 1. The number of carbonyl (C=O) groups is 2. The largest absolute Gasteiger partial charge is 0.507 e. The van der Waals surface area contributed by atoms with E-state index in [-0.39, 0.29) is 17.9 Å². The van der Waals surface area contributed by atoms with E-state index in [1.54, 1.807) is 0 Å². The van der Waals surface area contributed by atoms with Crippen molar-refractivity contribution in [2.75, 3.05) is 13.1 Å². The van der Waals surface area contributed by atoms with Gasteiger partial charge in [0, 0.05) is 13.1 Å². The second kappa shape index (κ2) is 5.26. The predicted octanol–water partition coefficient (Wildman–Crippen LogP) is 1.47. The van der Waals surface area contributed by atoms with Crippen molar-refractivity contribution in [2.24, 2.45) is 5.92 Å². The molecule has 5 nitrogen and oxygen atoms in total. The van der Waals surface area contributed by atoms with Crippen LogP contribution < -0.4 is 0 Å². The fourth-order valence-electron chi connectivity index (χ4n) is 2.21. The number of nitrogens with zero attached hydrogens (tertiary/aromatic N) is 1. The molecule has 0 bridgehead atoms. The molecule has 2 N–H and O–H groups in total. The number of phenols is 1. The number of phenolic OH excluding ortho intramolecular Hbond substituents is 1. The highest BCUT2D eigenvalue weighted by Crippen LogP contribution is 2.23.